The van der Waals surface area contributed by atoms with E-state index in [0.29, 0.717) is 5.88 Å². The summed E-state index contributed by atoms with van der Waals surface area (Å²) < 4.78 is 6.48. The van der Waals surface area contributed by atoms with Gasteiger partial charge in [-0.3, -0.25) is 0 Å². The van der Waals surface area contributed by atoms with Gasteiger partial charge in [0.05, 0.1) is 5.88 Å². The quantitative estimate of drug-likeness (QED) is 0.621. The number of hydrogen-bond donors (Lipinski definition) is 0. The van der Waals surface area contributed by atoms with Crippen LogP contribution in [0.2, 0.25) is 0 Å². The molecule has 18 heavy (non-hydrogen) atoms. The normalized spacial score (nSPS) is 11.0. The lowest BCUT2D eigenvalue weighted by Gasteiger charge is -2.03. The summed E-state index contributed by atoms with van der Waals surface area (Å²) >= 11 is 9.30. The molecule has 4 heteroatoms. The number of oxazole rings is 1. The molecule has 0 fully saturated rings. The summed E-state index contributed by atoms with van der Waals surface area (Å²) in [4.78, 5) is 4.10. The summed E-state index contributed by atoms with van der Waals surface area (Å²) in [6, 6.07) is 12.3. The van der Waals surface area contributed by atoms with Crippen molar-refractivity contribution in [2.75, 3.05) is 0 Å². The van der Waals surface area contributed by atoms with Gasteiger partial charge in [-0.05, 0) is 29.0 Å². The van der Waals surface area contributed by atoms with E-state index in [0.717, 1.165) is 26.9 Å². The van der Waals surface area contributed by atoms with Gasteiger partial charge in [0.1, 0.15) is 5.69 Å². The number of rotatable bonds is 2. The number of benzene rings is 2. The molecular weight excluding hydrogens is 314 g/mol. The van der Waals surface area contributed by atoms with Crippen molar-refractivity contribution in [3.8, 4) is 11.3 Å². The van der Waals surface area contributed by atoms with Crippen molar-refractivity contribution >= 4 is 38.3 Å². The lowest BCUT2D eigenvalue weighted by Crippen LogP contribution is -1.83. The van der Waals surface area contributed by atoms with Crippen LogP contribution in [-0.2, 0) is 5.88 Å². The first-order chi connectivity index (χ1) is 8.78. The predicted octanol–water partition coefficient (Wildman–Crippen LogP) is 5.00. The van der Waals surface area contributed by atoms with E-state index in [9.17, 15) is 0 Å². The fourth-order valence-electron chi connectivity index (χ4n) is 1.96. The van der Waals surface area contributed by atoms with E-state index < -0.39 is 0 Å². The van der Waals surface area contributed by atoms with Crippen LogP contribution in [-0.4, -0.2) is 4.98 Å². The summed E-state index contributed by atoms with van der Waals surface area (Å²) in [6.07, 6.45) is 1.43. The first-order valence-electron chi connectivity index (χ1n) is 5.46. The summed E-state index contributed by atoms with van der Waals surface area (Å²) in [6.45, 7) is 0. The van der Waals surface area contributed by atoms with Crippen LogP contribution < -0.4 is 0 Å². The SMILES string of the molecule is ClCc1ncoc1-c1ccc2cc(Br)ccc2c1. The van der Waals surface area contributed by atoms with Crippen molar-refractivity contribution in [3.05, 3.63) is 53.0 Å². The number of fused-ring (bicyclic) bond motifs is 1. The first kappa shape index (κ1) is 11.8. The molecule has 0 unspecified atom stereocenters. The number of alkyl halides is 1. The van der Waals surface area contributed by atoms with E-state index in [1.54, 1.807) is 0 Å². The van der Waals surface area contributed by atoms with Gasteiger partial charge in [0.15, 0.2) is 12.2 Å². The highest BCUT2D eigenvalue weighted by molar-refractivity contribution is 9.10. The van der Waals surface area contributed by atoms with E-state index in [1.807, 2.05) is 12.1 Å². The Morgan fingerprint density at radius 2 is 1.89 bits per heavy atom. The monoisotopic (exact) mass is 321 g/mol. The second-order valence-electron chi connectivity index (χ2n) is 3.97. The third-order valence-corrected chi connectivity index (χ3v) is 3.58. The van der Waals surface area contributed by atoms with Gasteiger partial charge in [0.2, 0.25) is 0 Å². The maximum Gasteiger partial charge on any atom is 0.181 e. The molecule has 0 N–H and O–H groups in total. The molecule has 0 aliphatic carbocycles. The van der Waals surface area contributed by atoms with Crippen molar-refractivity contribution in [3.63, 3.8) is 0 Å². The number of aromatic nitrogens is 1. The standard InChI is InChI=1S/C14H9BrClNO/c15-12-4-3-9-5-11(2-1-10(9)6-12)14-13(7-16)17-8-18-14/h1-6,8H,7H2. The van der Waals surface area contributed by atoms with Crippen LogP contribution >= 0.6 is 27.5 Å². The van der Waals surface area contributed by atoms with Gasteiger partial charge in [-0.15, -0.1) is 11.6 Å². The van der Waals surface area contributed by atoms with Crippen LogP contribution in [0.25, 0.3) is 22.1 Å². The van der Waals surface area contributed by atoms with Gasteiger partial charge < -0.3 is 4.42 Å². The minimum atomic E-state index is 0.351. The van der Waals surface area contributed by atoms with Crippen LogP contribution in [0.3, 0.4) is 0 Å². The predicted molar refractivity (Wildman–Crippen MR) is 76.7 cm³/mol. The van der Waals surface area contributed by atoms with E-state index in [2.05, 4.69) is 45.2 Å². The zero-order chi connectivity index (χ0) is 12.5. The van der Waals surface area contributed by atoms with Crippen molar-refractivity contribution in [1.29, 1.82) is 0 Å². The molecule has 2 aromatic carbocycles. The van der Waals surface area contributed by atoms with Crippen molar-refractivity contribution in [2.45, 2.75) is 5.88 Å². The summed E-state index contributed by atoms with van der Waals surface area (Å²) in [7, 11) is 0. The van der Waals surface area contributed by atoms with Crippen molar-refractivity contribution in [2.24, 2.45) is 0 Å². The molecule has 1 aromatic heterocycles. The van der Waals surface area contributed by atoms with Crippen LogP contribution in [0, 0.1) is 0 Å². The number of hydrogen-bond acceptors (Lipinski definition) is 2. The molecule has 0 aliphatic heterocycles. The molecule has 3 aromatic rings. The molecule has 2 nitrogen and oxygen atoms in total. The molecule has 0 spiro atoms. The largest absolute Gasteiger partial charge is 0.443 e. The maximum absolute atomic E-state index is 5.83. The Balaban J connectivity index is 2.16. The van der Waals surface area contributed by atoms with E-state index in [1.165, 1.54) is 11.8 Å². The fraction of sp³-hybridized carbons (Fsp3) is 0.0714. The van der Waals surface area contributed by atoms with E-state index in [4.69, 9.17) is 16.0 Å². The Kier molecular flexibility index (Phi) is 3.10. The molecule has 0 radical (unpaired) electrons. The Bertz CT molecular complexity index is 708. The average Bonchev–Trinajstić information content (AvgIpc) is 2.86. The molecule has 0 saturated heterocycles. The number of nitrogens with zero attached hydrogens (tertiary/aromatic N) is 1. The second kappa shape index (κ2) is 4.75. The van der Waals surface area contributed by atoms with Crippen LogP contribution in [0.4, 0.5) is 0 Å². The molecule has 0 aliphatic rings. The lowest BCUT2D eigenvalue weighted by atomic mass is 10.1. The fourth-order valence-corrected chi connectivity index (χ4v) is 2.53. The smallest absolute Gasteiger partial charge is 0.181 e. The van der Waals surface area contributed by atoms with Crippen molar-refractivity contribution in [1.82, 2.24) is 4.98 Å². The third-order valence-electron chi connectivity index (χ3n) is 2.83. The van der Waals surface area contributed by atoms with Gasteiger partial charge in [-0.1, -0.05) is 34.1 Å². The zero-order valence-electron chi connectivity index (χ0n) is 9.36. The molecule has 3 rings (SSSR count). The third kappa shape index (κ3) is 2.04. The Labute approximate surface area is 118 Å². The average molecular weight is 323 g/mol. The van der Waals surface area contributed by atoms with Gasteiger partial charge in [-0.25, -0.2) is 4.98 Å². The second-order valence-corrected chi connectivity index (χ2v) is 5.15. The topological polar surface area (TPSA) is 26.0 Å². The van der Waals surface area contributed by atoms with Crippen LogP contribution in [0.15, 0.2) is 51.7 Å². The van der Waals surface area contributed by atoms with Gasteiger partial charge in [-0.2, -0.15) is 0 Å². The molecule has 1 heterocycles. The molecule has 90 valence electrons. The summed E-state index contributed by atoms with van der Waals surface area (Å²) in [5.41, 5.74) is 1.77. The Hall–Kier alpha value is -1.32. The van der Waals surface area contributed by atoms with Gasteiger partial charge >= 0.3 is 0 Å². The molecule has 0 atom stereocenters. The van der Waals surface area contributed by atoms with Gasteiger partial charge in [0.25, 0.3) is 0 Å². The highest BCUT2D eigenvalue weighted by Crippen LogP contribution is 2.28. The van der Waals surface area contributed by atoms with Crippen LogP contribution in [0.5, 0.6) is 0 Å². The minimum absolute atomic E-state index is 0.351. The van der Waals surface area contributed by atoms with E-state index >= 15 is 0 Å². The molecule has 0 amide bonds. The van der Waals surface area contributed by atoms with Crippen molar-refractivity contribution < 1.29 is 4.42 Å². The minimum Gasteiger partial charge on any atom is -0.443 e. The Morgan fingerprint density at radius 3 is 2.72 bits per heavy atom. The molecule has 0 bridgehead atoms. The number of halogens is 2. The summed E-state index contributed by atoms with van der Waals surface area (Å²) in [5, 5.41) is 2.34. The highest BCUT2D eigenvalue weighted by Gasteiger charge is 2.10. The zero-order valence-corrected chi connectivity index (χ0v) is 11.7. The lowest BCUT2D eigenvalue weighted by molar-refractivity contribution is 0.571. The first-order valence-corrected chi connectivity index (χ1v) is 6.79. The maximum atomic E-state index is 5.83. The van der Waals surface area contributed by atoms with E-state index in [-0.39, 0.29) is 0 Å². The van der Waals surface area contributed by atoms with Crippen LogP contribution in [0.1, 0.15) is 5.69 Å². The molecule has 0 saturated carbocycles. The summed E-state index contributed by atoms with van der Waals surface area (Å²) in [5.74, 6) is 1.10. The Morgan fingerprint density at radius 1 is 1.11 bits per heavy atom. The van der Waals surface area contributed by atoms with Gasteiger partial charge in [0, 0.05) is 10.0 Å². The molecular formula is C14H9BrClNO. The highest BCUT2D eigenvalue weighted by atomic mass is 79.9.